The van der Waals surface area contributed by atoms with Crippen LogP contribution in [0.1, 0.15) is 5.69 Å². The Morgan fingerprint density at radius 1 is 1.47 bits per heavy atom. The number of aromatic nitrogens is 2. The maximum Gasteiger partial charge on any atom is 0.232 e. The molecule has 0 atom stereocenters. The lowest BCUT2D eigenvalue weighted by molar-refractivity contribution is 0.397. The van der Waals surface area contributed by atoms with E-state index in [1.165, 1.54) is 0 Å². The third-order valence-corrected chi connectivity index (χ3v) is 1.78. The summed E-state index contributed by atoms with van der Waals surface area (Å²) >= 11 is 0. The molecule has 0 radical (unpaired) electrons. The van der Waals surface area contributed by atoms with E-state index >= 15 is 0 Å². The third-order valence-electron chi connectivity index (χ3n) is 1.78. The number of allylic oxidation sites excluding steroid dienone is 6. The van der Waals surface area contributed by atoms with Gasteiger partial charge in [-0.2, -0.15) is 0 Å². The van der Waals surface area contributed by atoms with Crippen molar-refractivity contribution >= 4 is 5.57 Å². The molecule has 0 spiro atoms. The van der Waals surface area contributed by atoms with Crippen LogP contribution >= 0.6 is 0 Å². The minimum Gasteiger partial charge on any atom is -0.480 e. The summed E-state index contributed by atoms with van der Waals surface area (Å²) in [5, 5.41) is 6.84. The topological polar surface area (TPSA) is 37.9 Å². The Morgan fingerprint density at radius 3 is 2.80 bits per heavy atom. The molecule has 1 aromatic heterocycles. The summed E-state index contributed by atoms with van der Waals surface area (Å²) in [6, 6.07) is 1.82. The molecule has 1 N–H and O–H groups in total. The minimum atomic E-state index is 0.562. The summed E-state index contributed by atoms with van der Waals surface area (Å²) in [6.45, 7) is 7.28. The number of ether oxygens (including phenoxy) is 1. The van der Waals surface area contributed by atoms with Crippen LogP contribution < -0.4 is 4.74 Å². The van der Waals surface area contributed by atoms with Crippen LogP contribution in [0.25, 0.3) is 5.57 Å². The molecule has 0 bridgehead atoms. The highest BCUT2D eigenvalue weighted by molar-refractivity contribution is 5.73. The number of hydrogen-bond donors (Lipinski definition) is 1. The van der Waals surface area contributed by atoms with Crippen molar-refractivity contribution < 1.29 is 4.74 Å². The van der Waals surface area contributed by atoms with Crippen molar-refractivity contribution in [1.29, 1.82) is 0 Å². The van der Waals surface area contributed by atoms with Crippen molar-refractivity contribution in [2.24, 2.45) is 0 Å². The van der Waals surface area contributed by atoms with E-state index in [0.29, 0.717) is 5.88 Å². The SMILES string of the molecule is C=C/C=C\C(=C/C=C)c1cc(OC)n[nH]1. The second-order valence-corrected chi connectivity index (χ2v) is 2.78. The fourth-order valence-electron chi connectivity index (χ4n) is 1.09. The van der Waals surface area contributed by atoms with Crippen molar-refractivity contribution in [1.82, 2.24) is 10.2 Å². The number of nitrogens with one attached hydrogen (secondary N) is 1. The zero-order valence-electron chi connectivity index (χ0n) is 8.73. The van der Waals surface area contributed by atoms with Gasteiger partial charge in [0, 0.05) is 6.07 Å². The molecule has 0 amide bonds. The van der Waals surface area contributed by atoms with Crippen LogP contribution in [0.5, 0.6) is 5.88 Å². The largest absolute Gasteiger partial charge is 0.480 e. The first-order chi connectivity index (χ1) is 7.31. The van der Waals surface area contributed by atoms with Crippen LogP contribution in [-0.4, -0.2) is 17.3 Å². The highest BCUT2D eigenvalue weighted by Crippen LogP contribution is 2.17. The number of aromatic amines is 1. The molecule has 0 saturated heterocycles. The van der Waals surface area contributed by atoms with E-state index in [0.717, 1.165) is 11.3 Å². The van der Waals surface area contributed by atoms with E-state index in [2.05, 4.69) is 23.4 Å². The summed E-state index contributed by atoms with van der Waals surface area (Å²) in [5.74, 6) is 0.562. The molecule has 3 heteroatoms. The van der Waals surface area contributed by atoms with Gasteiger partial charge in [-0.1, -0.05) is 43.5 Å². The molecule has 0 aliphatic heterocycles. The summed E-state index contributed by atoms with van der Waals surface area (Å²) in [5.41, 5.74) is 1.85. The average Bonchev–Trinajstić information content (AvgIpc) is 2.72. The normalized spacial score (nSPS) is 11.7. The molecule has 0 aliphatic rings. The van der Waals surface area contributed by atoms with Crippen LogP contribution in [0.2, 0.25) is 0 Å². The fraction of sp³-hybridized carbons (Fsp3) is 0.0833. The molecular weight excluding hydrogens is 188 g/mol. The Morgan fingerprint density at radius 2 is 2.27 bits per heavy atom. The van der Waals surface area contributed by atoms with Crippen LogP contribution in [0, 0.1) is 0 Å². The monoisotopic (exact) mass is 202 g/mol. The van der Waals surface area contributed by atoms with Gasteiger partial charge in [0.15, 0.2) is 0 Å². The van der Waals surface area contributed by atoms with Gasteiger partial charge in [0.2, 0.25) is 5.88 Å². The highest BCUT2D eigenvalue weighted by Gasteiger charge is 2.02. The van der Waals surface area contributed by atoms with Gasteiger partial charge in [-0.3, -0.25) is 5.10 Å². The smallest absolute Gasteiger partial charge is 0.232 e. The van der Waals surface area contributed by atoms with Crippen molar-refractivity contribution in [3.63, 3.8) is 0 Å². The van der Waals surface area contributed by atoms with Gasteiger partial charge in [-0.15, -0.1) is 5.10 Å². The first-order valence-electron chi connectivity index (χ1n) is 4.53. The fourth-order valence-corrected chi connectivity index (χ4v) is 1.09. The van der Waals surface area contributed by atoms with E-state index in [1.54, 1.807) is 19.3 Å². The summed E-state index contributed by atoms with van der Waals surface area (Å²) in [6.07, 6.45) is 9.08. The molecule has 0 fully saturated rings. The Hall–Kier alpha value is -2.03. The van der Waals surface area contributed by atoms with Crippen molar-refractivity contribution in [3.05, 3.63) is 55.3 Å². The van der Waals surface area contributed by atoms with Gasteiger partial charge in [-0.05, 0) is 5.57 Å². The Labute approximate surface area is 89.5 Å². The van der Waals surface area contributed by atoms with Crippen molar-refractivity contribution in [2.45, 2.75) is 0 Å². The zero-order chi connectivity index (χ0) is 11.1. The predicted molar refractivity (Wildman–Crippen MR) is 62.7 cm³/mol. The maximum absolute atomic E-state index is 4.99. The van der Waals surface area contributed by atoms with Crippen LogP contribution in [-0.2, 0) is 0 Å². The predicted octanol–water partition coefficient (Wildman–Crippen LogP) is 2.73. The number of nitrogens with zero attached hydrogens (tertiary/aromatic N) is 1. The van der Waals surface area contributed by atoms with Gasteiger partial charge in [0.1, 0.15) is 0 Å². The quantitative estimate of drug-likeness (QED) is 0.745. The lowest BCUT2D eigenvalue weighted by Crippen LogP contribution is -1.80. The van der Waals surface area contributed by atoms with E-state index < -0.39 is 0 Å². The first-order valence-corrected chi connectivity index (χ1v) is 4.53. The molecule has 0 saturated carbocycles. The lowest BCUT2D eigenvalue weighted by atomic mass is 10.1. The molecular formula is C12H14N2O. The average molecular weight is 202 g/mol. The van der Waals surface area contributed by atoms with Gasteiger partial charge in [0.25, 0.3) is 0 Å². The molecule has 1 heterocycles. The van der Waals surface area contributed by atoms with E-state index in [4.69, 9.17) is 4.74 Å². The third kappa shape index (κ3) is 2.98. The highest BCUT2D eigenvalue weighted by atomic mass is 16.5. The van der Waals surface area contributed by atoms with E-state index in [9.17, 15) is 0 Å². The Balaban J connectivity index is 2.98. The molecule has 3 nitrogen and oxygen atoms in total. The number of methoxy groups -OCH3 is 1. The Kier molecular flexibility index (Phi) is 4.16. The molecule has 0 aliphatic carbocycles. The second kappa shape index (κ2) is 5.65. The first kappa shape index (κ1) is 11.0. The summed E-state index contributed by atoms with van der Waals surface area (Å²) in [7, 11) is 1.58. The number of rotatable bonds is 5. The van der Waals surface area contributed by atoms with E-state index in [1.807, 2.05) is 24.3 Å². The number of hydrogen-bond acceptors (Lipinski definition) is 2. The maximum atomic E-state index is 4.99. The molecule has 0 unspecified atom stereocenters. The number of H-pyrrole nitrogens is 1. The van der Waals surface area contributed by atoms with Crippen LogP contribution in [0.15, 0.2) is 49.6 Å². The van der Waals surface area contributed by atoms with E-state index in [-0.39, 0.29) is 0 Å². The van der Waals surface area contributed by atoms with Gasteiger partial charge in [0.05, 0.1) is 12.8 Å². The standard InChI is InChI=1S/C12H14N2O/c1-4-6-8-10(7-5-2)11-9-12(15-3)14-13-11/h4-9H,1-2H2,3H3,(H,13,14)/b8-6-,10-7+. The molecule has 0 aromatic carbocycles. The van der Waals surface area contributed by atoms with Crippen molar-refractivity contribution in [3.8, 4) is 5.88 Å². The van der Waals surface area contributed by atoms with Crippen LogP contribution in [0.4, 0.5) is 0 Å². The van der Waals surface area contributed by atoms with Gasteiger partial charge >= 0.3 is 0 Å². The summed E-state index contributed by atoms with van der Waals surface area (Å²) < 4.78 is 4.99. The molecule has 1 rings (SSSR count). The van der Waals surface area contributed by atoms with Crippen molar-refractivity contribution in [2.75, 3.05) is 7.11 Å². The molecule has 78 valence electrons. The summed E-state index contributed by atoms with van der Waals surface area (Å²) in [4.78, 5) is 0. The second-order valence-electron chi connectivity index (χ2n) is 2.78. The molecule has 15 heavy (non-hydrogen) atoms. The minimum absolute atomic E-state index is 0.562. The zero-order valence-corrected chi connectivity index (χ0v) is 8.73. The Bertz CT molecular complexity index is 400. The van der Waals surface area contributed by atoms with Gasteiger partial charge < -0.3 is 4.74 Å². The van der Waals surface area contributed by atoms with Crippen LogP contribution in [0.3, 0.4) is 0 Å². The van der Waals surface area contributed by atoms with Gasteiger partial charge in [-0.25, -0.2) is 0 Å². The molecule has 1 aromatic rings. The lowest BCUT2D eigenvalue weighted by Gasteiger charge is -1.94.